The Kier molecular flexibility index (Phi) is 7.11. The summed E-state index contributed by atoms with van der Waals surface area (Å²) in [5.74, 6) is -2.13. The summed E-state index contributed by atoms with van der Waals surface area (Å²) < 4.78 is 0. The van der Waals surface area contributed by atoms with Gasteiger partial charge in [-0.15, -0.1) is 0 Å². The van der Waals surface area contributed by atoms with Crippen LogP contribution in [-0.2, 0) is 9.59 Å². The summed E-state index contributed by atoms with van der Waals surface area (Å²) in [5, 5.41) is 13.5. The molecule has 170 valence electrons. The lowest BCUT2D eigenvalue weighted by molar-refractivity contribution is -0.147. The second-order valence-corrected chi connectivity index (χ2v) is 9.20. The number of anilines is 3. The van der Waals surface area contributed by atoms with Crippen LogP contribution < -0.4 is 15.1 Å². The topological polar surface area (TPSA) is 72.9 Å². The van der Waals surface area contributed by atoms with Crippen LogP contribution in [0.3, 0.4) is 0 Å². The van der Waals surface area contributed by atoms with E-state index < -0.39 is 17.8 Å². The average molecular weight is 476 g/mol. The average Bonchev–Trinajstić information content (AvgIpc) is 2.81. The zero-order valence-corrected chi connectivity index (χ0v) is 19.3. The molecule has 8 heteroatoms. The highest BCUT2D eigenvalue weighted by atomic mass is 35.5. The summed E-state index contributed by atoms with van der Waals surface area (Å²) in [7, 11) is 0. The van der Waals surface area contributed by atoms with Gasteiger partial charge in [-0.25, -0.2) is 0 Å². The van der Waals surface area contributed by atoms with E-state index in [2.05, 4.69) is 15.1 Å². The van der Waals surface area contributed by atoms with E-state index in [4.69, 9.17) is 23.2 Å². The fraction of sp³-hybridized carbons (Fsp3) is 0.417. The van der Waals surface area contributed by atoms with Gasteiger partial charge in [-0.2, -0.15) is 0 Å². The van der Waals surface area contributed by atoms with Crippen molar-refractivity contribution in [1.82, 2.24) is 0 Å². The lowest BCUT2D eigenvalue weighted by Gasteiger charge is -2.37. The Hall–Kier alpha value is -2.44. The third kappa shape index (κ3) is 4.97. The molecule has 1 saturated heterocycles. The summed E-state index contributed by atoms with van der Waals surface area (Å²) in [5.41, 5.74) is 2.73. The van der Waals surface area contributed by atoms with Crippen LogP contribution in [0.5, 0.6) is 0 Å². The highest BCUT2D eigenvalue weighted by Crippen LogP contribution is 2.34. The molecule has 2 aromatic carbocycles. The maximum atomic E-state index is 12.7. The van der Waals surface area contributed by atoms with Gasteiger partial charge in [0.15, 0.2) is 0 Å². The van der Waals surface area contributed by atoms with Crippen molar-refractivity contribution < 1.29 is 14.7 Å². The minimum absolute atomic E-state index is 0.197. The minimum Gasteiger partial charge on any atom is -0.481 e. The Morgan fingerprint density at radius 3 is 2.16 bits per heavy atom. The fourth-order valence-electron chi connectivity index (χ4n) is 4.67. The molecule has 2 aromatic rings. The van der Waals surface area contributed by atoms with Gasteiger partial charge in [-0.1, -0.05) is 42.1 Å². The molecule has 0 bridgehead atoms. The number of halogens is 2. The second kappa shape index (κ2) is 10.0. The van der Waals surface area contributed by atoms with Crippen molar-refractivity contribution in [3.63, 3.8) is 0 Å². The van der Waals surface area contributed by atoms with Crippen LogP contribution in [0.1, 0.15) is 25.7 Å². The van der Waals surface area contributed by atoms with Gasteiger partial charge in [-0.05, 0) is 49.2 Å². The quantitative estimate of drug-likeness (QED) is 0.625. The molecule has 1 amide bonds. The molecular weight excluding hydrogens is 449 g/mol. The van der Waals surface area contributed by atoms with Gasteiger partial charge in [-0.3, -0.25) is 9.59 Å². The monoisotopic (exact) mass is 475 g/mol. The Morgan fingerprint density at radius 2 is 1.50 bits per heavy atom. The summed E-state index contributed by atoms with van der Waals surface area (Å²) >= 11 is 12.5. The largest absolute Gasteiger partial charge is 0.481 e. The van der Waals surface area contributed by atoms with E-state index in [1.165, 1.54) is 0 Å². The molecule has 0 radical (unpaired) electrons. The van der Waals surface area contributed by atoms with Crippen LogP contribution in [0.2, 0.25) is 10.0 Å². The molecule has 2 N–H and O–H groups in total. The van der Waals surface area contributed by atoms with Crippen molar-refractivity contribution in [2.75, 3.05) is 41.3 Å². The number of piperazine rings is 1. The molecular formula is C24H27Cl2N3O3. The van der Waals surface area contributed by atoms with Gasteiger partial charge >= 0.3 is 5.97 Å². The highest BCUT2D eigenvalue weighted by Gasteiger charge is 2.35. The normalized spacial score (nSPS) is 21.3. The van der Waals surface area contributed by atoms with Crippen molar-refractivity contribution in [2.45, 2.75) is 25.7 Å². The SMILES string of the molecule is O=C(Nc1ccc(N2CCN(c3cccc(Cl)c3Cl)CC2)cc1)[C@H]1CCCC[C@H]1C(=O)O. The number of carboxylic acids is 1. The highest BCUT2D eigenvalue weighted by molar-refractivity contribution is 6.43. The van der Waals surface area contributed by atoms with Crippen LogP contribution in [0, 0.1) is 11.8 Å². The Labute approximate surface area is 198 Å². The van der Waals surface area contributed by atoms with Crippen molar-refractivity contribution in [1.29, 1.82) is 0 Å². The molecule has 0 aromatic heterocycles. The van der Waals surface area contributed by atoms with Crippen molar-refractivity contribution >= 4 is 52.1 Å². The first-order valence-electron chi connectivity index (χ1n) is 11.0. The van der Waals surface area contributed by atoms with E-state index in [-0.39, 0.29) is 5.91 Å². The predicted octanol–water partition coefficient (Wildman–Crippen LogP) is 5.15. The molecule has 1 aliphatic carbocycles. The molecule has 1 aliphatic heterocycles. The zero-order valence-electron chi connectivity index (χ0n) is 17.8. The number of hydrogen-bond donors (Lipinski definition) is 2. The van der Waals surface area contributed by atoms with Crippen molar-refractivity contribution in [2.24, 2.45) is 11.8 Å². The summed E-state index contributed by atoms with van der Waals surface area (Å²) in [6, 6.07) is 13.4. The van der Waals surface area contributed by atoms with Crippen LogP contribution in [0.25, 0.3) is 0 Å². The van der Waals surface area contributed by atoms with Gasteiger partial charge in [0.25, 0.3) is 0 Å². The number of carbonyl (C=O) groups is 2. The molecule has 1 saturated carbocycles. The summed E-state index contributed by atoms with van der Waals surface area (Å²) in [6.45, 7) is 3.35. The van der Waals surface area contributed by atoms with Gasteiger partial charge in [0, 0.05) is 37.6 Å². The number of rotatable bonds is 5. The maximum absolute atomic E-state index is 12.7. The molecule has 2 aliphatic rings. The number of hydrogen-bond acceptors (Lipinski definition) is 4. The number of amides is 1. The molecule has 6 nitrogen and oxygen atoms in total. The second-order valence-electron chi connectivity index (χ2n) is 8.42. The molecule has 2 atom stereocenters. The van der Waals surface area contributed by atoms with Crippen LogP contribution >= 0.6 is 23.2 Å². The number of nitrogens with one attached hydrogen (secondary N) is 1. The molecule has 0 unspecified atom stereocenters. The summed E-state index contributed by atoms with van der Waals surface area (Å²) in [6.07, 6.45) is 2.96. The van der Waals surface area contributed by atoms with Gasteiger partial charge in [0.2, 0.25) is 5.91 Å². The van der Waals surface area contributed by atoms with E-state index in [1.807, 2.05) is 36.4 Å². The number of carbonyl (C=O) groups excluding carboxylic acids is 1. The first kappa shape index (κ1) is 22.7. The zero-order chi connectivity index (χ0) is 22.7. The van der Waals surface area contributed by atoms with Gasteiger partial charge < -0.3 is 20.2 Å². The molecule has 32 heavy (non-hydrogen) atoms. The van der Waals surface area contributed by atoms with Crippen molar-refractivity contribution in [3.05, 3.63) is 52.5 Å². The van der Waals surface area contributed by atoms with Crippen LogP contribution in [0.4, 0.5) is 17.1 Å². The predicted molar refractivity (Wildman–Crippen MR) is 129 cm³/mol. The van der Waals surface area contributed by atoms with Crippen LogP contribution in [-0.4, -0.2) is 43.2 Å². The van der Waals surface area contributed by atoms with Crippen LogP contribution in [0.15, 0.2) is 42.5 Å². The lowest BCUT2D eigenvalue weighted by atomic mass is 9.78. The van der Waals surface area contributed by atoms with Gasteiger partial charge in [0.05, 0.1) is 27.6 Å². The lowest BCUT2D eigenvalue weighted by Crippen LogP contribution is -2.46. The van der Waals surface area contributed by atoms with E-state index in [0.717, 1.165) is 50.4 Å². The molecule has 4 rings (SSSR count). The fourth-order valence-corrected chi connectivity index (χ4v) is 5.09. The summed E-state index contributed by atoms with van der Waals surface area (Å²) in [4.78, 5) is 28.7. The number of carboxylic acid groups (broad SMARTS) is 1. The Morgan fingerprint density at radius 1 is 0.875 bits per heavy atom. The third-order valence-electron chi connectivity index (χ3n) is 6.47. The van der Waals surface area contributed by atoms with E-state index in [0.29, 0.717) is 28.6 Å². The first-order chi connectivity index (χ1) is 15.4. The molecule has 0 spiro atoms. The Bertz CT molecular complexity index is 975. The van der Waals surface area contributed by atoms with E-state index in [9.17, 15) is 14.7 Å². The Balaban J connectivity index is 1.34. The standard InChI is InChI=1S/C24H27Cl2N3O3/c25-20-6-3-7-21(22(20)26)29-14-12-28(13-15-29)17-10-8-16(9-11-17)27-23(30)18-4-1-2-5-19(18)24(31)32/h3,6-11,18-19H,1-2,4-5,12-15H2,(H,27,30)(H,31,32)/t18-,19+/m0/s1. The van der Waals surface area contributed by atoms with E-state index >= 15 is 0 Å². The minimum atomic E-state index is -0.876. The van der Waals surface area contributed by atoms with E-state index in [1.54, 1.807) is 6.07 Å². The smallest absolute Gasteiger partial charge is 0.307 e. The van der Waals surface area contributed by atoms with Gasteiger partial charge in [0.1, 0.15) is 0 Å². The maximum Gasteiger partial charge on any atom is 0.307 e. The third-order valence-corrected chi connectivity index (χ3v) is 7.28. The molecule has 2 fully saturated rings. The van der Waals surface area contributed by atoms with Crippen molar-refractivity contribution in [3.8, 4) is 0 Å². The first-order valence-corrected chi connectivity index (χ1v) is 11.8. The number of benzene rings is 2. The molecule has 1 heterocycles. The number of aliphatic carboxylic acids is 1. The number of nitrogens with zero attached hydrogens (tertiary/aromatic N) is 2.